The molecule has 0 radical (unpaired) electrons. The molecule has 2 aromatic rings. The van der Waals surface area contributed by atoms with Crippen LogP contribution in [0, 0.1) is 18.2 Å². The Hall–Kier alpha value is -2.36. The SMILES string of the molecule is Cc1ccc(F)c(Oc2ccc(C(=N)N)cc2)c1. The first-order valence-corrected chi connectivity index (χ1v) is 5.45. The van der Waals surface area contributed by atoms with Gasteiger partial charge in [-0.3, -0.25) is 5.41 Å². The van der Waals surface area contributed by atoms with Gasteiger partial charge in [0.2, 0.25) is 0 Å². The van der Waals surface area contributed by atoms with E-state index in [1.165, 1.54) is 6.07 Å². The van der Waals surface area contributed by atoms with Crippen LogP contribution >= 0.6 is 0 Å². The summed E-state index contributed by atoms with van der Waals surface area (Å²) in [4.78, 5) is 0. The van der Waals surface area contributed by atoms with E-state index in [0.29, 0.717) is 11.3 Å². The van der Waals surface area contributed by atoms with Gasteiger partial charge in [0.15, 0.2) is 11.6 Å². The minimum Gasteiger partial charge on any atom is -0.454 e. The summed E-state index contributed by atoms with van der Waals surface area (Å²) in [5.74, 6) is 0.273. The molecule has 2 rings (SSSR count). The number of benzene rings is 2. The maximum atomic E-state index is 13.5. The van der Waals surface area contributed by atoms with Crippen molar-refractivity contribution in [3.8, 4) is 11.5 Å². The summed E-state index contributed by atoms with van der Waals surface area (Å²) < 4.78 is 18.9. The third-order valence-corrected chi connectivity index (χ3v) is 2.48. The zero-order valence-corrected chi connectivity index (χ0v) is 9.91. The molecule has 0 saturated carbocycles. The molecular weight excluding hydrogens is 231 g/mol. The molecule has 0 aromatic heterocycles. The number of ether oxygens (including phenoxy) is 1. The van der Waals surface area contributed by atoms with Crippen molar-refractivity contribution in [3.05, 3.63) is 59.4 Å². The van der Waals surface area contributed by atoms with Crippen LogP contribution in [0.15, 0.2) is 42.5 Å². The number of rotatable bonds is 3. The van der Waals surface area contributed by atoms with Gasteiger partial charge in [0, 0.05) is 5.56 Å². The van der Waals surface area contributed by atoms with E-state index in [2.05, 4.69) is 0 Å². The van der Waals surface area contributed by atoms with Gasteiger partial charge >= 0.3 is 0 Å². The second-order valence-corrected chi connectivity index (χ2v) is 3.97. The molecule has 0 unspecified atom stereocenters. The second-order valence-electron chi connectivity index (χ2n) is 3.97. The molecule has 4 heteroatoms. The predicted octanol–water partition coefficient (Wildman–Crippen LogP) is 3.21. The third kappa shape index (κ3) is 2.66. The minimum absolute atomic E-state index is 0.0108. The molecule has 3 N–H and O–H groups in total. The summed E-state index contributed by atoms with van der Waals surface area (Å²) in [6.45, 7) is 1.87. The molecular formula is C14H13FN2O. The lowest BCUT2D eigenvalue weighted by Crippen LogP contribution is -2.10. The van der Waals surface area contributed by atoms with Gasteiger partial charge in [-0.2, -0.15) is 0 Å². The quantitative estimate of drug-likeness (QED) is 0.643. The van der Waals surface area contributed by atoms with E-state index >= 15 is 0 Å². The fourth-order valence-corrected chi connectivity index (χ4v) is 1.52. The van der Waals surface area contributed by atoms with Gasteiger partial charge in [0.05, 0.1) is 0 Å². The fraction of sp³-hybridized carbons (Fsp3) is 0.0714. The maximum absolute atomic E-state index is 13.5. The molecule has 0 bridgehead atoms. The van der Waals surface area contributed by atoms with Gasteiger partial charge < -0.3 is 10.5 Å². The van der Waals surface area contributed by atoms with Crippen molar-refractivity contribution >= 4 is 5.84 Å². The second kappa shape index (κ2) is 4.87. The first-order chi connectivity index (χ1) is 8.56. The molecule has 18 heavy (non-hydrogen) atoms. The Morgan fingerprint density at radius 1 is 1.17 bits per heavy atom. The van der Waals surface area contributed by atoms with E-state index in [1.54, 1.807) is 36.4 Å². The van der Waals surface area contributed by atoms with Crippen LogP contribution in [0.25, 0.3) is 0 Å². The van der Waals surface area contributed by atoms with Crippen molar-refractivity contribution in [3.63, 3.8) is 0 Å². The molecule has 0 spiro atoms. The maximum Gasteiger partial charge on any atom is 0.165 e. The summed E-state index contributed by atoms with van der Waals surface area (Å²) in [6, 6.07) is 11.3. The molecule has 0 amide bonds. The molecule has 0 fully saturated rings. The number of nitrogen functional groups attached to an aromatic ring is 1. The van der Waals surface area contributed by atoms with Gasteiger partial charge in [-0.15, -0.1) is 0 Å². The summed E-state index contributed by atoms with van der Waals surface area (Å²) in [5.41, 5.74) is 6.87. The predicted molar refractivity (Wildman–Crippen MR) is 68.7 cm³/mol. The largest absolute Gasteiger partial charge is 0.454 e. The number of amidine groups is 1. The molecule has 0 atom stereocenters. The van der Waals surface area contributed by atoms with Crippen molar-refractivity contribution < 1.29 is 9.13 Å². The van der Waals surface area contributed by atoms with Crippen molar-refractivity contribution in [2.24, 2.45) is 5.73 Å². The number of hydrogen-bond donors (Lipinski definition) is 2. The van der Waals surface area contributed by atoms with E-state index in [9.17, 15) is 4.39 Å². The van der Waals surface area contributed by atoms with Crippen LogP contribution < -0.4 is 10.5 Å². The molecule has 0 aliphatic rings. The Labute approximate surface area is 105 Å². The molecule has 0 saturated heterocycles. The lowest BCUT2D eigenvalue weighted by atomic mass is 10.2. The van der Waals surface area contributed by atoms with Gasteiger partial charge in [0.1, 0.15) is 11.6 Å². The first-order valence-electron chi connectivity index (χ1n) is 5.45. The Kier molecular flexibility index (Phi) is 3.28. The topological polar surface area (TPSA) is 59.1 Å². The lowest BCUT2D eigenvalue weighted by Gasteiger charge is -2.08. The number of aryl methyl sites for hydroxylation is 1. The Morgan fingerprint density at radius 3 is 2.44 bits per heavy atom. The lowest BCUT2D eigenvalue weighted by molar-refractivity contribution is 0.442. The van der Waals surface area contributed by atoms with Crippen LogP contribution in [-0.4, -0.2) is 5.84 Å². The van der Waals surface area contributed by atoms with Crippen molar-refractivity contribution in [2.75, 3.05) is 0 Å². The van der Waals surface area contributed by atoms with E-state index in [0.717, 1.165) is 5.56 Å². The summed E-state index contributed by atoms with van der Waals surface area (Å²) >= 11 is 0. The normalized spacial score (nSPS) is 10.1. The zero-order valence-electron chi connectivity index (χ0n) is 9.91. The van der Waals surface area contributed by atoms with E-state index in [1.807, 2.05) is 6.92 Å². The molecule has 0 aliphatic carbocycles. The van der Waals surface area contributed by atoms with Crippen molar-refractivity contribution in [2.45, 2.75) is 6.92 Å². The summed E-state index contributed by atoms with van der Waals surface area (Å²) in [5, 5.41) is 7.27. The fourth-order valence-electron chi connectivity index (χ4n) is 1.52. The minimum atomic E-state index is -0.406. The Balaban J connectivity index is 2.23. The number of nitrogens with one attached hydrogen (secondary N) is 1. The summed E-state index contributed by atoms with van der Waals surface area (Å²) in [6.07, 6.45) is 0. The summed E-state index contributed by atoms with van der Waals surface area (Å²) in [7, 11) is 0. The highest BCUT2D eigenvalue weighted by atomic mass is 19.1. The Morgan fingerprint density at radius 2 is 1.83 bits per heavy atom. The first kappa shape index (κ1) is 12.1. The van der Waals surface area contributed by atoms with Gasteiger partial charge in [-0.05, 0) is 48.9 Å². The van der Waals surface area contributed by atoms with Gasteiger partial charge in [-0.1, -0.05) is 6.07 Å². The van der Waals surface area contributed by atoms with E-state index in [-0.39, 0.29) is 11.6 Å². The van der Waals surface area contributed by atoms with Crippen LogP contribution in [0.5, 0.6) is 11.5 Å². The zero-order chi connectivity index (χ0) is 13.1. The smallest absolute Gasteiger partial charge is 0.165 e. The van der Waals surface area contributed by atoms with Crippen LogP contribution in [0.2, 0.25) is 0 Å². The van der Waals surface area contributed by atoms with Crippen LogP contribution in [0.1, 0.15) is 11.1 Å². The molecule has 0 aliphatic heterocycles. The van der Waals surface area contributed by atoms with Crippen molar-refractivity contribution in [1.29, 1.82) is 5.41 Å². The molecule has 92 valence electrons. The highest BCUT2D eigenvalue weighted by Crippen LogP contribution is 2.25. The number of nitrogens with two attached hydrogens (primary N) is 1. The monoisotopic (exact) mass is 244 g/mol. The van der Waals surface area contributed by atoms with Crippen molar-refractivity contribution in [1.82, 2.24) is 0 Å². The van der Waals surface area contributed by atoms with Crippen LogP contribution in [0.3, 0.4) is 0 Å². The number of halogens is 1. The number of hydrogen-bond acceptors (Lipinski definition) is 2. The average Bonchev–Trinajstić information content (AvgIpc) is 2.34. The van der Waals surface area contributed by atoms with E-state index in [4.69, 9.17) is 15.9 Å². The third-order valence-electron chi connectivity index (χ3n) is 2.48. The highest BCUT2D eigenvalue weighted by molar-refractivity contribution is 5.94. The molecule has 3 nitrogen and oxygen atoms in total. The molecule has 2 aromatic carbocycles. The Bertz CT molecular complexity index is 579. The van der Waals surface area contributed by atoms with Crippen LogP contribution in [0.4, 0.5) is 4.39 Å². The van der Waals surface area contributed by atoms with Gasteiger partial charge in [0.25, 0.3) is 0 Å². The van der Waals surface area contributed by atoms with E-state index < -0.39 is 5.82 Å². The highest BCUT2D eigenvalue weighted by Gasteiger charge is 2.05. The van der Waals surface area contributed by atoms with Gasteiger partial charge in [-0.25, -0.2) is 4.39 Å². The molecule has 0 heterocycles. The van der Waals surface area contributed by atoms with Crippen LogP contribution in [-0.2, 0) is 0 Å². The standard InChI is InChI=1S/C14H13FN2O/c1-9-2-7-12(15)13(8-9)18-11-5-3-10(4-6-11)14(16)17/h2-8H,1H3,(H3,16,17). The average molecular weight is 244 g/mol.